The van der Waals surface area contributed by atoms with Crippen molar-refractivity contribution in [3.63, 3.8) is 0 Å². The maximum atomic E-state index is 2.66. The van der Waals surface area contributed by atoms with Gasteiger partial charge in [-0.05, 0) is 96.7 Å². The lowest BCUT2D eigenvalue weighted by atomic mass is 9.55. The van der Waals surface area contributed by atoms with E-state index >= 15 is 0 Å². The van der Waals surface area contributed by atoms with E-state index in [-0.39, 0.29) is 0 Å². The Balaban J connectivity index is 1.56. The van der Waals surface area contributed by atoms with Crippen LogP contribution in [0.4, 0.5) is 0 Å². The zero-order valence-electron chi connectivity index (χ0n) is 15.8. The summed E-state index contributed by atoms with van der Waals surface area (Å²) in [6.07, 6.45) is 7.84. The van der Waals surface area contributed by atoms with E-state index in [1.165, 1.54) is 6.42 Å². The molecule has 4 saturated carbocycles. The second-order valence-electron chi connectivity index (χ2n) is 10.5. The molecule has 0 spiro atoms. The van der Waals surface area contributed by atoms with Crippen molar-refractivity contribution < 1.29 is 0 Å². The second kappa shape index (κ2) is 5.00. The molecule has 0 N–H and O–H groups in total. The van der Waals surface area contributed by atoms with Crippen LogP contribution in [-0.2, 0) is 0 Å². The SMILES string of the molecule is CC(C)[C@@H](C)[C@@H](C)C1CC[C@H]2C3CC[C@]4(C)C([C@H]2[C@H]1C)[C@H]4C3. The molecule has 0 amide bonds. The topological polar surface area (TPSA) is 0 Å². The van der Waals surface area contributed by atoms with E-state index < -0.39 is 0 Å². The van der Waals surface area contributed by atoms with Crippen LogP contribution in [0, 0.1) is 64.6 Å². The van der Waals surface area contributed by atoms with Crippen molar-refractivity contribution >= 4 is 0 Å². The monoisotopic (exact) mass is 302 g/mol. The highest BCUT2D eigenvalue weighted by Crippen LogP contribution is 2.77. The maximum Gasteiger partial charge on any atom is -0.0260 e. The molecule has 3 unspecified atom stereocenters. The first kappa shape index (κ1) is 15.5. The fourth-order valence-electron chi connectivity index (χ4n) is 7.90. The number of hydrogen-bond donors (Lipinski definition) is 0. The average molecular weight is 303 g/mol. The quantitative estimate of drug-likeness (QED) is 0.577. The lowest BCUT2D eigenvalue weighted by Gasteiger charge is -2.50. The smallest absolute Gasteiger partial charge is 0.0260 e. The Hall–Kier alpha value is 0. The molecule has 2 bridgehead atoms. The molecule has 0 saturated heterocycles. The minimum atomic E-state index is 0.777. The van der Waals surface area contributed by atoms with Crippen molar-refractivity contribution in [2.24, 2.45) is 64.6 Å². The van der Waals surface area contributed by atoms with E-state index in [4.69, 9.17) is 0 Å². The molecule has 0 aromatic heterocycles. The van der Waals surface area contributed by atoms with Gasteiger partial charge >= 0.3 is 0 Å². The van der Waals surface area contributed by atoms with Crippen LogP contribution >= 0.6 is 0 Å². The first-order valence-electron chi connectivity index (χ1n) is 10.4. The molecule has 4 aliphatic rings. The van der Waals surface area contributed by atoms with Gasteiger partial charge in [0.05, 0.1) is 0 Å². The molecule has 4 aliphatic carbocycles. The van der Waals surface area contributed by atoms with Crippen LogP contribution in [0.5, 0.6) is 0 Å². The van der Waals surface area contributed by atoms with Gasteiger partial charge in [-0.1, -0.05) is 41.5 Å². The molecule has 0 heteroatoms. The fourth-order valence-corrected chi connectivity index (χ4v) is 7.90. The van der Waals surface area contributed by atoms with E-state index in [9.17, 15) is 0 Å². The zero-order chi connectivity index (χ0) is 15.8. The van der Waals surface area contributed by atoms with Crippen molar-refractivity contribution in [3.05, 3.63) is 0 Å². The molecular weight excluding hydrogens is 264 g/mol. The third-order valence-corrected chi connectivity index (χ3v) is 9.73. The van der Waals surface area contributed by atoms with Crippen LogP contribution in [0.3, 0.4) is 0 Å². The Morgan fingerprint density at radius 1 is 1.00 bits per heavy atom. The molecule has 22 heavy (non-hydrogen) atoms. The molecule has 4 rings (SSSR count). The van der Waals surface area contributed by atoms with E-state index in [0.29, 0.717) is 0 Å². The van der Waals surface area contributed by atoms with Gasteiger partial charge in [0.2, 0.25) is 0 Å². The van der Waals surface area contributed by atoms with Gasteiger partial charge < -0.3 is 0 Å². The predicted octanol–water partition coefficient (Wildman–Crippen LogP) is 6.26. The summed E-state index contributed by atoms with van der Waals surface area (Å²) >= 11 is 0. The highest BCUT2D eigenvalue weighted by Gasteiger charge is 2.71. The summed E-state index contributed by atoms with van der Waals surface area (Å²) in [5.41, 5.74) is 0.777. The van der Waals surface area contributed by atoms with Crippen LogP contribution in [0.1, 0.15) is 73.6 Å². The minimum Gasteiger partial charge on any atom is -0.0625 e. The molecule has 10 atom stereocenters. The summed E-state index contributed by atoms with van der Waals surface area (Å²) in [7, 11) is 0. The van der Waals surface area contributed by atoms with Gasteiger partial charge in [-0.15, -0.1) is 0 Å². The lowest BCUT2D eigenvalue weighted by molar-refractivity contribution is -0.0130. The van der Waals surface area contributed by atoms with Crippen LogP contribution in [0.2, 0.25) is 0 Å². The number of hydrogen-bond acceptors (Lipinski definition) is 0. The first-order valence-corrected chi connectivity index (χ1v) is 10.4. The highest BCUT2D eigenvalue weighted by molar-refractivity contribution is 5.19. The second-order valence-corrected chi connectivity index (χ2v) is 10.5. The summed E-state index contributed by atoms with van der Waals surface area (Å²) < 4.78 is 0. The standard InChI is InChI=1S/C22H38/c1-12(2)13(3)14(4)17-7-8-18-16-9-10-22(6)19(11-16)21(22)20(18)15(17)5/h12-21H,7-11H2,1-6H3/t13-,14-,15+,16?,17?,18+,19-,20+,21?,22+/m1/s1. The van der Waals surface area contributed by atoms with Crippen molar-refractivity contribution in [1.82, 2.24) is 0 Å². The molecule has 0 heterocycles. The Labute approximate surface area is 138 Å². The van der Waals surface area contributed by atoms with Crippen molar-refractivity contribution in [1.29, 1.82) is 0 Å². The number of fused-ring (bicyclic) bond motifs is 5. The highest BCUT2D eigenvalue weighted by atomic mass is 14.8. The van der Waals surface area contributed by atoms with Gasteiger partial charge in [0.1, 0.15) is 0 Å². The summed E-state index contributed by atoms with van der Waals surface area (Å²) in [6, 6.07) is 0. The Morgan fingerprint density at radius 2 is 1.73 bits per heavy atom. The Kier molecular flexibility index (Phi) is 3.53. The molecule has 0 radical (unpaired) electrons. The van der Waals surface area contributed by atoms with E-state index in [1.54, 1.807) is 25.7 Å². The fraction of sp³-hybridized carbons (Fsp3) is 1.00. The molecule has 4 fully saturated rings. The maximum absolute atomic E-state index is 2.66. The number of rotatable bonds is 3. The van der Waals surface area contributed by atoms with Crippen molar-refractivity contribution in [2.45, 2.75) is 73.6 Å². The molecular formula is C22H38. The summed E-state index contributed by atoms with van der Waals surface area (Å²) in [4.78, 5) is 0. The summed E-state index contributed by atoms with van der Waals surface area (Å²) in [6.45, 7) is 15.3. The van der Waals surface area contributed by atoms with Gasteiger partial charge in [0, 0.05) is 0 Å². The van der Waals surface area contributed by atoms with Crippen LogP contribution in [0.15, 0.2) is 0 Å². The Bertz CT molecular complexity index is 435. The largest absolute Gasteiger partial charge is 0.0625 e. The Morgan fingerprint density at radius 3 is 2.41 bits per heavy atom. The molecule has 126 valence electrons. The predicted molar refractivity (Wildman–Crippen MR) is 94.5 cm³/mol. The van der Waals surface area contributed by atoms with Crippen LogP contribution in [-0.4, -0.2) is 0 Å². The molecule has 0 aliphatic heterocycles. The van der Waals surface area contributed by atoms with Gasteiger partial charge in [-0.3, -0.25) is 0 Å². The first-order chi connectivity index (χ1) is 10.4. The normalized spacial score (nSPS) is 55.5. The molecule has 0 nitrogen and oxygen atoms in total. The average Bonchev–Trinajstić information content (AvgIpc) is 3.14. The molecule has 0 aromatic rings. The van der Waals surface area contributed by atoms with Gasteiger partial charge in [-0.2, -0.15) is 0 Å². The third kappa shape index (κ3) is 1.94. The van der Waals surface area contributed by atoms with E-state index in [1.807, 2.05) is 0 Å². The van der Waals surface area contributed by atoms with Gasteiger partial charge in [0.25, 0.3) is 0 Å². The summed E-state index contributed by atoms with van der Waals surface area (Å²) in [5.74, 6) is 10.2. The van der Waals surface area contributed by atoms with Gasteiger partial charge in [-0.25, -0.2) is 0 Å². The summed E-state index contributed by atoms with van der Waals surface area (Å²) in [5, 5.41) is 0. The zero-order valence-corrected chi connectivity index (χ0v) is 15.8. The van der Waals surface area contributed by atoms with Gasteiger partial charge in [0.15, 0.2) is 0 Å². The van der Waals surface area contributed by atoms with E-state index in [0.717, 1.165) is 64.6 Å². The lowest BCUT2D eigenvalue weighted by Crippen LogP contribution is -2.43. The van der Waals surface area contributed by atoms with Crippen LogP contribution < -0.4 is 0 Å². The van der Waals surface area contributed by atoms with Crippen molar-refractivity contribution in [2.75, 3.05) is 0 Å². The van der Waals surface area contributed by atoms with Crippen molar-refractivity contribution in [3.8, 4) is 0 Å². The van der Waals surface area contributed by atoms with E-state index in [2.05, 4.69) is 41.5 Å². The molecule has 0 aromatic carbocycles. The minimum absolute atomic E-state index is 0.777. The third-order valence-electron chi connectivity index (χ3n) is 9.73. The van der Waals surface area contributed by atoms with Crippen LogP contribution in [0.25, 0.3) is 0 Å².